The normalized spacial score (nSPS) is 18.0. The molecule has 0 aliphatic carbocycles. The molecule has 2 rings (SSSR count). The van der Waals surface area contributed by atoms with Crippen LogP contribution in [0.15, 0.2) is 18.2 Å². The molecule has 1 unspecified atom stereocenters. The number of carbonyl (C=O) groups is 2. The summed E-state index contributed by atoms with van der Waals surface area (Å²) in [5.74, 6) is -0.498. The average molecular weight is 347 g/mol. The number of methoxy groups -OCH3 is 1. The maximum Gasteiger partial charge on any atom is 0.325 e. The lowest BCUT2D eigenvalue weighted by molar-refractivity contribution is -0.139. The maximum absolute atomic E-state index is 12.0. The Balaban J connectivity index is 1.97. The van der Waals surface area contributed by atoms with Crippen molar-refractivity contribution in [2.75, 3.05) is 33.4 Å². The van der Waals surface area contributed by atoms with Crippen molar-refractivity contribution in [3.05, 3.63) is 33.8 Å². The molecule has 0 aromatic heterocycles. The van der Waals surface area contributed by atoms with Crippen molar-refractivity contribution in [3.8, 4) is 0 Å². The number of halogens is 2. The summed E-state index contributed by atoms with van der Waals surface area (Å²) in [5, 5.41) is 3.41. The number of hydrogen-bond acceptors (Lipinski definition) is 4. The van der Waals surface area contributed by atoms with Gasteiger partial charge >= 0.3 is 12.0 Å². The summed E-state index contributed by atoms with van der Waals surface area (Å²) in [4.78, 5) is 24.7. The third-order valence-corrected chi connectivity index (χ3v) is 4.02. The number of ether oxygens (including phenoxy) is 2. The van der Waals surface area contributed by atoms with Gasteiger partial charge in [-0.05, 0) is 17.7 Å². The first-order valence-electron chi connectivity index (χ1n) is 6.67. The molecule has 2 amide bonds. The topological polar surface area (TPSA) is 67.9 Å². The van der Waals surface area contributed by atoms with Crippen LogP contribution in [0.1, 0.15) is 11.7 Å². The molecule has 1 aromatic carbocycles. The highest BCUT2D eigenvalue weighted by Gasteiger charge is 2.26. The summed E-state index contributed by atoms with van der Waals surface area (Å²) in [6, 6.07) is 4.90. The molecule has 0 saturated carbocycles. The summed E-state index contributed by atoms with van der Waals surface area (Å²) in [6.07, 6.45) is -0.285. The molecule has 6 nitrogen and oxygen atoms in total. The van der Waals surface area contributed by atoms with Crippen LogP contribution in [0.4, 0.5) is 4.79 Å². The van der Waals surface area contributed by atoms with E-state index >= 15 is 0 Å². The molecule has 1 saturated heterocycles. The van der Waals surface area contributed by atoms with Gasteiger partial charge in [0.15, 0.2) is 0 Å². The zero-order valence-corrected chi connectivity index (χ0v) is 13.5. The molecule has 1 aliphatic heterocycles. The minimum Gasteiger partial charge on any atom is -0.468 e. The number of esters is 1. The Morgan fingerprint density at radius 1 is 1.41 bits per heavy atom. The number of rotatable bonds is 3. The fourth-order valence-corrected chi connectivity index (χ4v) is 2.39. The Hall–Kier alpha value is -1.50. The van der Waals surface area contributed by atoms with Gasteiger partial charge in [-0.25, -0.2) is 4.79 Å². The van der Waals surface area contributed by atoms with Crippen molar-refractivity contribution < 1.29 is 19.1 Å². The molecule has 1 atom stereocenters. The van der Waals surface area contributed by atoms with Crippen LogP contribution in [0.3, 0.4) is 0 Å². The lowest BCUT2D eigenvalue weighted by Gasteiger charge is -2.33. The summed E-state index contributed by atoms with van der Waals surface area (Å²) >= 11 is 11.9. The highest BCUT2D eigenvalue weighted by atomic mass is 35.5. The van der Waals surface area contributed by atoms with Gasteiger partial charge in [0, 0.05) is 6.54 Å². The van der Waals surface area contributed by atoms with E-state index < -0.39 is 5.97 Å². The number of urea groups is 1. The second kappa shape index (κ2) is 7.67. The molecular weight excluding hydrogens is 331 g/mol. The van der Waals surface area contributed by atoms with Gasteiger partial charge in [0.1, 0.15) is 12.6 Å². The quantitative estimate of drug-likeness (QED) is 0.852. The summed E-state index contributed by atoms with van der Waals surface area (Å²) in [7, 11) is 1.27. The number of nitrogens with one attached hydrogen (secondary N) is 1. The van der Waals surface area contributed by atoms with Crippen LogP contribution < -0.4 is 5.32 Å². The predicted octanol–water partition coefficient (Wildman–Crippen LogP) is 2.25. The van der Waals surface area contributed by atoms with Crippen molar-refractivity contribution in [2.24, 2.45) is 0 Å². The van der Waals surface area contributed by atoms with E-state index in [2.05, 4.69) is 10.1 Å². The van der Waals surface area contributed by atoms with Gasteiger partial charge < -0.3 is 19.7 Å². The third kappa shape index (κ3) is 4.25. The Morgan fingerprint density at radius 2 is 2.18 bits per heavy atom. The molecule has 1 aliphatic rings. The molecule has 120 valence electrons. The van der Waals surface area contributed by atoms with E-state index in [1.165, 1.54) is 7.11 Å². The molecule has 1 aromatic rings. The largest absolute Gasteiger partial charge is 0.468 e. The standard InChI is InChI=1S/C14H16Cl2N2O4/c1-21-13(19)7-17-14(20)18-4-5-22-12(8-18)9-2-3-10(15)11(16)6-9/h2-3,6,12H,4-5,7-8H2,1H3,(H,17,20). The first kappa shape index (κ1) is 16.9. The van der Waals surface area contributed by atoms with E-state index in [1.807, 2.05) is 6.07 Å². The van der Waals surface area contributed by atoms with Crippen molar-refractivity contribution in [2.45, 2.75) is 6.10 Å². The minimum absolute atomic E-state index is 0.163. The maximum atomic E-state index is 12.0. The monoisotopic (exact) mass is 346 g/mol. The Labute approximate surface area is 138 Å². The number of carbonyl (C=O) groups excluding carboxylic acids is 2. The molecule has 1 N–H and O–H groups in total. The Morgan fingerprint density at radius 3 is 2.86 bits per heavy atom. The molecule has 22 heavy (non-hydrogen) atoms. The van der Waals surface area contributed by atoms with Crippen LogP contribution in [0.2, 0.25) is 10.0 Å². The average Bonchev–Trinajstić information content (AvgIpc) is 2.54. The SMILES string of the molecule is COC(=O)CNC(=O)N1CCOC(c2ccc(Cl)c(Cl)c2)C1. The fourth-order valence-electron chi connectivity index (χ4n) is 2.08. The Bertz CT molecular complexity index is 568. The third-order valence-electron chi connectivity index (χ3n) is 3.28. The van der Waals surface area contributed by atoms with Crippen molar-refractivity contribution >= 4 is 35.2 Å². The smallest absolute Gasteiger partial charge is 0.325 e. The van der Waals surface area contributed by atoms with Crippen molar-refractivity contribution in [1.82, 2.24) is 10.2 Å². The summed E-state index contributed by atoms with van der Waals surface area (Å²) in [6.45, 7) is 1.05. The summed E-state index contributed by atoms with van der Waals surface area (Å²) in [5.41, 5.74) is 0.847. The van der Waals surface area contributed by atoms with E-state index in [4.69, 9.17) is 27.9 Å². The number of amides is 2. The minimum atomic E-state index is -0.498. The highest BCUT2D eigenvalue weighted by Crippen LogP contribution is 2.29. The molecule has 0 bridgehead atoms. The van der Waals surface area contributed by atoms with Gasteiger partial charge in [-0.15, -0.1) is 0 Å². The van der Waals surface area contributed by atoms with E-state index in [9.17, 15) is 9.59 Å². The van der Waals surface area contributed by atoms with E-state index in [0.29, 0.717) is 29.7 Å². The molecule has 8 heteroatoms. The van der Waals surface area contributed by atoms with Gasteiger partial charge in [-0.1, -0.05) is 29.3 Å². The zero-order valence-electron chi connectivity index (χ0n) is 12.0. The number of hydrogen-bond donors (Lipinski definition) is 1. The van der Waals surface area contributed by atoms with Gasteiger partial charge in [0.25, 0.3) is 0 Å². The molecular formula is C14H16Cl2N2O4. The highest BCUT2D eigenvalue weighted by molar-refractivity contribution is 6.42. The molecule has 0 spiro atoms. The van der Waals surface area contributed by atoms with Crippen LogP contribution >= 0.6 is 23.2 Å². The van der Waals surface area contributed by atoms with Gasteiger partial charge in [0.2, 0.25) is 0 Å². The van der Waals surface area contributed by atoms with Crippen molar-refractivity contribution in [1.29, 1.82) is 0 Å². The lowest BCUT2D eigenvalue weighted by Crippen LogP contribution is -2.48. The number of nitrogens with zero attached hydrogens (tertiary/aromatic N) is 1. The van der Waals surface area contributed by atoms with Gasteiger partial charge in [-0.3, -0.25) is 4.79 Å². The van der Waals surface area contributed by atoms with Gasteiger partial charge in [-0.2, -0.15) is 0 Å². The molecule has 1 heterocycles. The van der Waals surface area contributed by atoms with Crippen LogP contribution in [0.5, 0.6) is 0 Å². The van der Waals surface area contributed by atoms with Crippen LogP contribution in [0, 0.1) is 0 Å². The predicted molar refractivity (Wildman–Crippen MR) is 82.1 cm³/mol. The van der Waals surface area contributed by atoms with E-state index in [-0.39, 0.29) is 18.7 Å². The number of benzene rings is 1. The van der Waals surface area contributed by atoms with Crippen LogP contribution in [0.25, 0.3) is 0 Å². The van der Waals surface area contributed by atoms with E-state index in [0.717, 1.165) is 5.56 Å². The summed E-state index contributed by atoms with van der Waals surface area (Å²) < 4.78 is 10.1. The van der Waals surface area contributed by atoms with E-state index in [1.54, 1.807) is 17.0 Å². The first-order valence-corrected chi connectivity index (χ1v) is 7.43. The van der Waals surface area contributed by atoms with Gasteiger partial charge in [0.05, 0.1) is 30.3 Å². The number of morpholine rings is 1. The van der Waals surface area contributed by atoms with Crippen LogP contribution in [-0.2, 0) is 14.3 Å². The zero-order chi connectivity index (χ0) is 16.1. The Kier molecular flexibility index (Phi) is 5.88. The lowest BCUT2D eigenvalue weighted by atomic mass is 10.1. The second-order valence-corrected chi connectivity index (χ2v) is 5.53. The fraction of sp³-hybridized carbons (Fsp3) is 0.429. The first-order chi connectivity index (χ1) is 10.5. The second-order valence-electron chi connectivity index (χ2n) is 4.71. The van der Waals surface area contributed by atoms with Crippen molar-refractivity contribution in [3.63, 3.8) is 0 Å². The molecule has 0 radical (unpaired) electrons. The van der Waals surface area contributed by atoms with Crippen LogP contribution in [-0.4, -0.2) is 50.3 Å². The molecule has 1 fully saturated rings.